The first-order valence-corrected chi connectivity index (χ1v) is 10.3. The van der Waals surface area contributed by atoms with Crippen LogP contribution in [-0.4, -0.2) is 36.7 Å². The van der Waals surface area contributed by atoms with Gasteiger partial charge in [-0.05, 0) is 74.7 Å². The number of nitrogens with two attached hydrogens (primary N) is 1. The SMILES string of the molecule is COc1ccc(CN2CCC(COc3cccc4nc(C)cc(N)c34)CC2)cc1. The van der Waals surface area contributed by atoms with E-state index in [0.29, 0.717) is 5.92 Å². The molecule has 1 aliphatic rings. The average Bonchev–Trinajstić information content (AvgIpc) is 2.73. The van der Waals surface area contributed by atoms with Crippen molar-refractivity contribution in [3.63, 3.8) is 0 Å². The minimum absolute atomic E-state index is 0.567. The zero-order chi connectivity index (χ0) is 20.2. The van der Waals surface area contributed by atoms with Crippen LogP contribution in [0.1, 0.15) is 24.1 Å². The summed E-state index contributed by atoms with van der Waals surface area (Å²) in [5.74, 6) is 2.31. The van der Waals surface area contributed by atoms with Gasteiger partial charge in [-0.25, -0.2) is 0 Å². The number of pyridine rings is 1. The largest absolute Gasteiger partial charge is 0.497 e. The van der Waals surface area contributed by atoms with Crippen LogP contribution in [0.2, 0.25) is 0 Å². The van der Waals surface area contributed by atoms with Crippen molar-refractivity contribution < 1.29 is 9.47 Å². The van der Waals surface area contributed by atoms with Crippen LogP contribution < -0.4 is 15.2 Å². The predicted molar refractivity (Wildman–Crippen MR) is 117 cm³/mol. The Morgan fingerprint density at radius 1 is 1.10 bits per heavy atom. The van der Waals surface area contributed by atoms with Crippen molar-refractivity contribution in [2.24, 2.45) is 5.92 Å². The zero-order valence-electron chi connectivity index (χ0n) is 17.2. The molecule has 0 unspecified atom stereocenters. The maximum absolute atomic E-state index is 6.24. The van der Waals surface area contributed by atoms with Crippen molar-refractivity contribution in [1.82, 2.24) is 9.88 Å². The molecule has 0 atom stereocenters. The lowest BCUT2D eigenvalue weighted by Gasteiger charge is -2.32. The number of ether oxygens (including phenoxy) is 2. The number of aromatic nitrogens is 1. The molecule has 1 saturated heterocycles. The lowest BCUT2D eigenvalue weighted by atomic mass is 9.97. The number of fused-ring (bicyclic) bond motifs is 1. The van der Waals surface area contributed by atoms with Crippen LogP contribution in [0.25, 0.3) is 10.9 Å². The van der Waals surface area contributed by atoms with Crippen molar-refractivity contribution in [2.45, 2.75) is 26.3 Å². The summed E-state index contributed by atoms with van der Waals surface area (Å²) in [5.41, 5.74) is 10.1. The standard InChI is InChI=1S/C24H29N3O2/c1-17-14-21(25)24-22(26-17)4-3-5-23(24)29-16-19-10-12-27(13-11-19)15-18-6-8-20(28-2)9-7-18/h3-9,14,19H,10-13,15-16H2,1-2H3,(H2,25,26). The number of methoxy groups -OCH3 is 1. The summed E-state index contributed by atoms with van der Waals surface area (Å²) in [6.07, 6.45) is 2.29. The smallest absolute Gasteiger partial charge is 0.130 e. The van der Waals surface area contributed by atoms with Crippen LogP contribution in [0.15, 0.2) is 48.5 Å². The minimum atomic E-state index is 0.567. The van der Waals surface area contributed by atoms with E-state index in [4.69, 9.17) is 15.2 Å². The molecule has 4 rings (SSSR count). The predicted octanol–water partition coefficient (Wildman–Crippen LogP) is 4.43. The highest BCUT2D eigenvalue weighted by Crippen LogP contribution is 2.31. The Bertz CT molecular complexity index is 964. The van der Waals surface area contributed by atoms with Crippen LogP contribution in [0.5, 0.6) is 11.5 Å². The Morgan fingerprint density at radius 3 is 2.59 bits per heavy atom. The van der Waals surface area contributed by atoms with Gasteiger partial charge in [-0.2, -0.15) is 0 Å². The molecule has 0 bridgehead atoms. The molecule has 3 aromatic rings. The van der Waals surface area contributed by atoms with E-state index in [0.717, 1.165) is 72.9 Å². The fourth-order valence-corrected chi connectivity index (χ4v) is 4.05. The molecular formula is C24H29N3O2. The molecule has 29 heavy (non-hydrogen) atoms. The summed E-state index contributed by atoms with van der Waals surface area (Å²) in [7, 11) is 1.70. The van der Waals surface area contributed by atoms with Crippen molar-refractivity contribution in [3.8, 4) is 11.5 Å². The number of anilines is 1. The Labute approximate surface area is 172 Å². The van der Waals surface area contributed by atoms with Crippen LogP contribution >= 0.6 is 0 Å². The van der Waals surface area contributed by atoms with Gasteiger partial charge in [0.1, 0.15) is 11.5 Å². The van der Waals surface area contributed by atoms with E-state index >= 15 is 0 Å². The zero-order valence-corrected chi connectivity index (χ0v) is 17.2. The highest BCUT2D eigenvalue weighted by Gasteiger charge is 2.20. The van der Waals surface area contributed by atoms with Gasteiger partial charge in [-0.3, -0.25) is 9.88 Å². The summed E-state index contributed by atoms with van der Waals surface area (Å²) >= 11 is 0. The monoisotopic (exact) mass is 391 g/mol. The van der Waals surface area contributed by atoms with Gasteiger partial charge in [0.05, 0.1) is 24.6 Å². The normalized spacial score (nSPS) is 15.5. The van der Waals surface area contributed by atoms with Crippen molar-refractivity contribution in [1.29, 1.82) is 0 Å². The molecule has 0 saturated carbocycles. The number of aryl methyl sites for hydroxylation is 1. The molecule has 0 radical (unpaired) electrons. The lowest BCUT2D eigenvalue weighted by Crippen LogP contribution is -2.35. The van der Waals surface area contributed by atoms with Gasteiger partial charge in [0, 0.05) is 17.9 Å². The molecule has 2 N–H and O–H groups in total. The Hall–Kier alpha value is -2.79. The fourth-order valence-electron chi connectivity index (χ4n) is 4.05. The van der Waals surface area contributed by atoms with Gasteiger partial charge in [0.2, 0.25) is 0 Å². The third-order valence-corrected chi connectivity index (χ3v) is 5.70. The lowest BCUT2D eigenvalue weighted by molar-refractivity contribution is 0.137. The number of hydrogen-bond donors (Lipinski definition) is 1. The maximum atomic E-state index is 6.24. The van der Waals surface area contributed by atoms with Gasteiger partial charge in [0.25, 0.3) is 0 Å². The van der Waals surface area contributed by atoms with Gasteiger partial charge in [-0.1, -0.05) is 18.2 Å². The molecular weight excluding hydrogens is 362 g/mol. The summed E-state index contributed by atoms with van der Waals surface area (Å²) in [5, 5.41) is 0.926. The molecule has 2 aromatic carbocycles. The molecule has 0 spiro atoms. The van der Waals surface area contributed by atoms with Crippen LogP contribution in [0.3, 0.4) is 0 Å². The second-order valence-electron chi connectivity index (χ2n) is 7.88. The summed E-state index contributed by atoms with van der Waals surface area (Å²) in [6, 6.07) is 16.2. The molecule has 1 aromatic heterocycles. The van der Waals surface area contributed by atoms with Crippen molar-refractivity contribution in [2.75, 3.05) is 32.5 Å². The van der Waals surface area contributed by atoms with Gasteiger partial charge < -0.3 is 15.2 Å². The molecule has 0 amide bonds. The quantitative estimate of drug-likeness (QED) is 0.674. The molecule has 0 aliphatic carbocycles. The number of nitrogens with zero attached hydrogens (tertiary/aromatic N) is 2. The minimum Gasteiger partial charge on any atom is -0.497 e. The Balaban J connectivity index is 1.32. The second kappa shape index (κ2) is 8.70. The summed E-state index contributed by atoms with van der Waals surface area (Å²) in [4.78, 5) is 7.09. The molecule has 152 valence electrons. The van der Waals surface area contributed by atoms with E-state index in [-0.39, 0.29) is 0 Å². The molecule has 1 aliphatic heterocycles. The maximum Gasteiger partial charge on any atom is 0.130 e. The number of piperidine rings is 1. The highest BCUT2D eigenvalue weighted by atomic mass is 16.5. The first-order valence-electron chi connectivity index (χ1n) is 10.3. The number of hydrogen-bond acceptors (Lipinski definition) is 5. The Kier molecular flexibility index (Phi) is 5.86. The Morgan fingerprint density at radius 2 is 1.86 bits per heavy atom. The highest BCUT2D eigenvalue weighted by molar-refractivity contribution is 5.95. The van der Waals surface area contributed by atoms with Crippen LogP contribution in [0, 0.1) is 12.8 Å². The molecule has 5 nitrogen and oxygen atoms in total. The van der Waals surface area contributed by atoms with Gasteiger partial charge >= 0.3 is 0 Å². The van der Waals surface area contributed by atoms with Gasteiger partial charge in [0.15, 0.2) is 0 Å². The number of benzene rings is 2. The van der Waals surface area contributed by atoms with Crippen LogP contribution in [0.4, 0.5) is 5.69 Å². The van der Waals surface area contributed by atoms with E-state index in [9.17, 15) is 0 Å². The van der Waals surface area contributed by atoms with Crippen molar-refractivity contribution >= 4 is 16.6 Å². The van der Waals surface area contributed by atoms with E-state index in [1.807, 2.05) is 43.3 Å². The average molecular weight is 392 g/mol. The fraction of sp³-hybridized carbons (Fsp3) is 0.375. The second-order valence-corrected chi connectivity index (χ2v) is 7.88. The van der Waals surface area contributed by atoms with E-state index in [1.54, 1.807) is 7.11 Å². The molecule has 2 heterocycles. The summed E-state index contributed by atoms with van der Waals surface area (Å²) < 4.78 is 11.4. The van der Waals surface area contributed by atoms with E-state index in [2.05, 4.69) is 22.0 Å². The summed E-state index contributed by atoms with van der Waals surface area (Å²) in [6.45, 7) is 5.87. The van der Waals surface area contributed by atoms with E-state index < -0.39 is 0 Å². The third-order valence-electron chi connectivity index (χ3n) is 5.70. The topological polar surface area (TPSA) is 60.6 Å². The van der Waals surface area contributed by atoms with Crippen molar-refractivity contribution in [3.05, 3.63) is 59.8 Å². The van der Waals surface area contributed by atoms with Gasteiger partial charge in [-0.15, -0.1) is 0 Å². The van der Waals surface area contributed by atoms with E-state index in [1.165, 1.54) is 5.56 Å². The molecule has 5 heteroatoms. The third kappa shape index (κ3) is 4.62. The first kappa shape index (κ1) is 19.5. The number of nitrogen functional groups attached to an aromatic ring is 1. The van der Waals surface area contributed by atoms with Crippen LogP contribution in [-0.2, 0) is 6.54 Å². The number of rotatable bonds is 6. The first-order chi connectivity index (χ1) is 14.1. The number of likely N-dealkylation sites (tertiary alicyclic amines) is 1. The molecule has 1 fully saturated rings.